The zero-order valence-electron chi connectivity index (χ0n) is 18.2. The Bertz CT molecular complexity index is 930. The number of methoxy groups -OCH3 is 1. The van der Waals surface area contributed by atoms with Gasteiger partial charge < -0.3 is 20.1 Å². The number of carboxylic acid groups (broad SMARTS) is 1. The molecule has 1 atom stereocenters. The predicted octanol–water partition coefficient (Wildman–Crippen LogP) is 4.77. The van der Waals surface area contributed by atoms with E-state index in [0.717, 1.165) is 34.9 Å². The summed E-state index contributed by atoms with van der Waals surface area (Å²) in [6, 6.07) is 12.4. The summed E-state index contributed by atoms with van der Waals surface area (Å²) in [5.74, 6) is 1.27. The van der Waals surface area contributed by atoms with Crippen molar-refractivity contribution in [3.8, 4) is 5.75 Å². The first-order valence-electron chi connectivity index (χ1n) is 11.4. The van der Waals surface area contributed by atoms with Crippen molar-refractivity contribution < 1.29 is 19.4 Å². The van der Waals surface area contributed by atoms with Crippen molar-refractivity contribution in [1.29, 1.82) is 0 Å². The van der Waals surface area contributed by atoms with Crippen LogP contribution in [-0.2, 0) is 4.79 Å². The van der Waals surface area contributed by atoms with Crippen LogP contribution in [0.15, 0.2) is 36.4 Å². The highest BCUT2D eigenvalue weighted by atomic mass is 16.5. The molecule has 2 fully saturated rings. The fourth-order valence-electron chi connectivity index (χ4n) is 5.26. The van der Waals surface area contributed by atoms with E-state index in [1.165, 1.54) is 19.3 Å². The van der Waals surface area contributed by atoms with Gasteiger partial charge in [-0.1, -0.05) is 43.5 Å². The standard InChI is InChI=1S/C25H32N2O4/c1-31-22-10-9-18-15-20(8-7-19(18)16-22)23(17-5-3-2-4-6-17)24(28)27-13-11-21(12-14-27)26-25(29)30/h7-10,15-17,21,23,26H,2-6,11-14H2,1H3,(H,29,30). The molecule has 6 nitrogen and oxygen atoms in total. The van der Waals surface area contributed by atoms with Crippen LogP contribution < -0.4 is 10.1 Å². The molecule has 2 aliphatic rings. The third-order valence-electron chi connectivity index (χ3n) is 6.95. The number of nitrogens with one attached hydrogen (secondary N) is 1. The molecular weight excluding hydrogens is 392 g/mol. The Morgan fingerprint density at radius 2 is 1.68 bits per heavy atom. The predicted molar refractivity (Wildman–Crippen MR) is 121 cm³/mol. The first kappa shape index (κ1) is 21.5. The molecule has 4 rings (SSSR count). The Morgan fingerprint density at radius 3 is 2.35 bits per heavy atom. The van der Waals surface area contributed by atoms with Crippen LogP contribution >= 0.6 is 0 Å². The average molecular weight is 425 g/mol. The van der Waals surface area contributed by atoms with Crippen LogP contribution in [0.4, 0.5) is 4.79 Å². The quantitative estimate of drug-likeness (QED) is 0.725. The molecule has 1 unspecified atom stereocenters. The number of carbonyl (C=O) groups excluding carboxylic acids is 1. The molecule has 0 aromatic heterocycles. The van der Waals surface area contributed by atoms with Gasteiger partial charge in [0.05, 0.1) is 13.0 Å². The van der Waals surface area contributed by atoms with Gasteiger partial charge in [0.1, 0.15) is 5.75 Å². The summed E-state index contributed by atoms with van der Waals surface area (Å²) in [5.41, 5.74) is 1.10. The lowest BCUT2D eigenvalue weighted by molar-refractivity contribution is -0.135. The van der Waals surface area contributed by atoms with E-state index in [1.54, 1.807) is 7.11 Å². The number of hydrogen-bond donors (Lipinski definition) is 2. The second-order valence-corrected chi connectivity index (χ2v) is 8.90. The maximum absolute atomic E-state index is 13.7. The van der Waals surface area contributed by atoms with Crippen molar-refractivity contribution in [1.82, 2.24) is 10.2 Å². The van der Waals surface area contributed by atoms with Gasteiger partial charge in [0.2, 0.25) is 5.91 Å². The lowest BCUT2D eigenvalue weighted by Gasteiger charge is -2.37. The molecule has 1 aliphatic heterocycles. The van der Waals surface area contributed by atoms with Gasteiger partial charge in [0.25, 0.3) is 0 Å². The number of fused-ring (bicyclic) bond motifs is 1. The van der Waals surface area contributed by atoms with Gasteiger partial charge in [-0.25, -0.2) is 4.79 Å². The molecule has 1 saturated carbocycles. The molecule has 0 bridgehead atoms. The van der Waals surface area contributed by atoms with Gasteiger partial charge in [0.15, 0.2) is 0 Å². The summed E-state index contributed by atoms with van der Waals surface area (Å²) in [4.78, 5) is 26.6. The summed E-state index contributed by atoms with van der Waals surface area (Å²) >= 11 is 0. The fourth-order valence-corrected chi connectivity index (χ4v) is 5.26. The van der Waals surface area contributed by atoms with Crippen LogP contribution in [0.1, 0.15) is 56.4 Å². The second-order valence-electron chi connectivity index (χ2n) is 8.90. The number of piperidine rings is 1. The molecule has 1 aliphatic carbocycles. The lowest BCUT2D eigenvalue weighted by atomic mass is 9.75. The first-order valence-corrected chi connectivity index (χ1v) is 11.4. The van der Waals surface area contributed by atoms with E-state index in [1.807, 2.05) is 17.0 Å². The summed E-state index contributed by atoms with van der Waals surface area (Å²) in [6.45, 7) is 1.22. The van der Waals surface area contributed by atoms with E-state index in [2.05, 4.69) is 29.6 Å². The smallest absolute Gasteiger partial charge is 0.404 e. The molecule has 1 saturated heterocycles. The van der Waals surface area contributed by atoms with Crippen LogP contribution in [0.25, 0.3) is 10.8 Å². The molecule has 0 spiro atoms. The highest BCUT2D eigenvalue weighted by Crippen LogP contribution is 2.39. The van der Waals surface area contributed by atoms with Crippen molar-refractivity contribution >= 4 is 22.8 Å². The van der Waals surface area contributed by atoms with Gasteiger partial charge in [-0.05, 0) is 60.1 Å². The van der Waals surface area contributed by atoms with Crippen molar-refractivity contribution in [2.75, 3.05) is 20.2 Å². The number of rotatable bonds is 5. The van der Waals surface area contributed by atoms with Gasteiger partial charge in [-0.15, -0.1) is 0 Å². The topological polar surface area (TPSA) is 78.9 Å². The number of nitrogens with zero attached hydrogens (tertiary/aromatic N) is 1. The maximum Gasteiger partial charge on any atom is 0.404 e. The maximum atomic E-state index is 13.7. The first-order chi connectivity index (χ1) is 15.0. The van der Waals surface area contributed by atoms with E-state index < -0.39 is 6.09 Å². The second kappa shape index (κ2) is 9.58. The van der Waals surface area contributed by atoms with Crippen molar-refractivity contribution in [3.63, 3.8) is 0 Å². The van der Waals surface area contributed by atoms with Crippen LogP contribution in [-0.4, -0.2) is 48.2 Å². The number of hydrogen-bond acceptors (Lipinski definition) is 3. The summed E-state index contributed by atoms with van der Waals surface area (Å²) in [5, 5.41) is 13.8. The number of carbonyl (C=O) groups is 2. The molecule has 1 heterocycles. The van der Waals surface area contributed by atoms with Gasteiger partial charge in [0, 0.05) is 19.1 Å². The van der Waals surface area contributed by atoms with Crippen LogP contribution in [0, 0.1) is 5.92 Å². The molecule has 6 heteroatoms. The fraction of sp³-hybridized carbons (Fsp3) is 0.520. The number of likely N-dealkylation sites (tertiary alicyclic amines) is 1. The highest BCUT2D eigenvalue weighted by Gasteiger charge is 2.35. The van der Waals surface area contributed by atoms with Crippen LogP contribution in [0.5, 0.6) is 5.75 Å². The molecule has 2 aromatic carbocycles. The molecule has 31 heavy (non-hydrogen) atoms. The minimum absolute atomic E-state index is 0.0645. The normalized spacial score (nSPS) is 19.2. The SMILES string of the molecule is COc1ccc2cc(C(C(=O)N3CCC(NC(=O)O)CC3)C3CCCCC3)ccc2c1. The largest absolute Gasteiger partial charge is 0.497 e. The van der Waals surface area contributed by atoms with Crippen LogP contribution in [0.2, 0.25) is 0 Å². The highest BCUT2D eigenvalue weighted by molar-refractivity contribution is 5.89. The third-order valence-corrected chi connectivity index (χ3v) is 6.95. The van der Waals surface area contributed by atoms with E-state index in [9.17, 15) is 9.59 Å². The summed E-state index contributed by atoms with van der Waals surface area (Å²) < 4.78 is 5.34. The monoisotopic (exact) mass is 424 g/mol. The van der Waals surface area contributed by atoms with Crippen molar-refractivity contribution in [2.45, 2.75) is 56.9 Å². The minimum Gasteiger partial charge on any atom is -0.497 e. The van der Waals surface area contributed by atoms with E-state index in [-0.39, 0.29) is 17.9 Å². The molecule has 2 amide bonds. The molecule has 2 N–H and O–H groups in total. The Hall–Kier alpha value is -2.76. The average Bonchev–Trinajstić information content (AvgIpc) is 2.79. The Morgan fingerprint density at radius 1 is 1.00 bits per heavy atom. The van der Waals surface area contributed by atoms with Gasteiger partial charge >= 0.3 is 6.09 Å². The van der Waals surface area contributed by atoms with E-state index >= 15 is 0 Å². The Balaban J connectivity index is 1.58. The molecule has 166 valence electrons. The number of ether oxygens (including phenoxy) is 1. The zero-order chi connectivity index (χ0) is 21.8. The van der Waals surface area contributed by atoms with Gasteiger partial charge in [-0.2, -0.15) is 0 Å². The number of amides is 2. The molecule has 2 aromatic rings. The zero-order valence-corrected chi connectivity index (χ0v) is 18.2. The molecule has 0 radical (unpaired) electrons. The number of benzene rings is 2. The van der Waals surface area contributed by atoms with Crippen molar-refractivity contribution in [3.05, 3.63) is 42.0 Å². The Labute approximate surface area is 183 Å². The van der Waals surface area contributed by atoms with E-state index in [4.69, 9.17) is 9.84 Å². The molecular formula is C25H32N2O4. The van der Waals surface area contributed by atoms with E-state index in [0.29, 0.717) is 31.8 Å². The lowest BCUT2D eigenvalue weighted by Crippen LogP contribution is -2.48. The van der Waals surface area contributed by atoms with Crippen LogP contribution in [0.3, 0.4) is 0 Å². The minimum atomic E-state index is -0.988. The Kier molecular flexibility index (Phi) is 6.64. The van der Waals surface area contributed by atoms with Crippen molar-refractivity contribution in [2.24, 2.45) is 5.92 Å². The summed E-state index contributed by atoms with van der Waals surface area (Å²) in [6.07, 6.45) is 6.16. The third kappa shape index (κ3) is 4.94. The summed E-state index contributed by atoms with van der Waals surface area (Å²) in [7, 11) is 1.67. The van der Waals surface area contributed by atoms with Gasteiger partial charge in [-0.3, -0.25) is 4.79 Å².